The Kier molecular flexibility index (Phi) is 2.91. The van der Waals surface area contributed by atoms with Crippen LogP contribution in [0.3, 0.4) is 0 Å². The van der Waals surface area contributed by atoms with Gasteiger partial charge in [-0.05, 0) is 43.1 Å². The van der Waals surface area contributed by atoms with Crippen LogP contribution in [0, 0.1) is 13.3 Å². The SMILES string of the molecule is COC1=CC[CH]C(c2ccc(C)cc2)=C1. The molecule has 15 heavy (non-hydrogen) atoms. The predicted octanol–water partition coefficient (Wildman–Crippen LogP) is 3.52. The number of hydrogen-bond acceptors (Lipinski definition) is 1. The fourth-order valence-corrected chi connectivity index (χ4v) is 1.66. The number of hydrogen-bond donors (Lipinski definition) is 0. The highest BCUT2D eigenvalue weighted by Crippen LogP contribution is 2.25. The first-order valence-electron chi connectivity index (χ1n) is 5.15. The topological polar surface area (TPSA) is 9.23 Å². The molecule has 1 aromatic carbocycles. The smallest absolute Gasteiger partial charge is 0.115 e. The number of methoxy groups -OCH3 is 1. The lowest BCUT2D eigenvalue weighted by Crippen LogP contribution is -1.94. The Morgan fingerprint density at radius 1 is 1.13 bits per heavy atom. The molecule has 1 aromatic rings. The van der Waals surface area contributed by atoms with Crippen molar-refractivity contribution in [3.8, 4) is 0 Å². The zero-order valence-corrected chi connectivity index (χ0v) is 9.16. The van der Waals surface area contributed by atoms with Gasteiger partial charge in [-0.15, -0.1) is 0 Å². The van der Waals surface area contributed by atoms with Crippen molar-refractivity contribution in [3.05, 3.63) is 59.7 Å². The number of benzene rings is 1. The van der Waals surface area contributed by atoms with E-state index in [1.807, 2.05) is 0 Å². The number of allylic oxidation sites excluding steroid dienone is 3. The van der Waals surface area contributed by atoms with E-state index in [0.717, 1.165) is 12.2 Å². The van der Waals surface area contributed by atoms with E-state index in [2.05, 4.69) is 49.8 Å². The molecule has 0 fully saturated rings. The summed E-state index contributed by atoms with van der Waals surface area (Å²) in [6.07, 6.45) is 7.32. The second-order valence-corrected chi connectivity index (χ2v) is 3.72. The average Bonchev–Trinajstić information content (AvgIpc) is 2.30. The third-order valence-electron chi connectivity index (χ3n) is 2.58. The first-order chi connectivity index (χ1) is 7.29. The van der Waals surface area contributed by atoms with E-state index in [0.29, 0.717) is 0 Å². The molecule has 1 heteroatoms. The Balaban J connectivity index is 2.28. The largest absolute Gasteiger partial charge is 0.497 e. The molecule has 1 nitrogen and oxygen atoms in total. The molecular formula is C14H15O. The summed E-state index contributed by atoms with van der Waals surface area (Å²) < 4.78 is 5.23. The minimum atomic E-state index is 0.947. The first kappa shape index (κ1) is 10.0. The standard InChI is InChI=1S/C14H15O/c1-11-6-8-12(9-7-11)13-4-3-5-14(10-13)15-2/h4-10H,3H2,1-2H3. The van der Waals surface area contributed by atoms with Crippen LogP contribution < -0.4 is 0 Å². The maximum atomic E-state index is 5.23. The summed E-state index contributed by atoms with van der Waals surface area (Å²) in [5.41, 5.74) is 3.79. The Hall–Kier alpha value is -1.50. The van der Waals surface area contributed by atoms with Crippen LogP contribution in [0.25, 0.3) is 5.57 Å². The van der Waals surface area contributed by atoms with Gasteiger partial charge in [0.05, 0.1) is 7.11 Å². The van der Waals surface area contributed by atoms with Crippen LogP contribution in [-0.4, -0.2) is 7.11 Å². The lowest BCUT2D eigenvalue weighted by Gasteiger charge is -2.13. The van der Waals surface area contributed by atoms with Crippen molar-refractivity contribution in [3.63, 3.8) is 0 Å². The van der Waals surface area contributed by atoms with E-state index in [-0.39, 0.29) is 0 Å². The fourth-order valence-electron chi connectivity index (χ4n) is 1.66. The molecular weight excluding hydrogens is 184 g/mol. The molecule has 1 aliphatic rings. The van der Waals surface area contributed by atoms with Crippen LogP contribution >= 0.6 is 0 Å². The zero-order chi connectivity index (χ0) is 10.7. The van der Waals surface area contributed by atoms with Gasteiger partial charge in [0, 0.05) is 0 Å². The van der Waals surface area contributed by atoms with Crippen molar-refractivity contribution in [1.82, 2.24) is 0 Å². The molecule has 0 aliphatic heterocycles. The maximum Gasteiger partial charge on any atom is 0.115 e. The summed E-state index contributed by atoms with van der Waals surface area (Å²) >= 11 is 0. The molecule has 0 N–H and O–H groups in total. The monoisotopic (exact) mass is 199 g/mol. The van der Waals surface area contributed by atoms with Gasteiger partial charge in [-0.25, -0.2) is 0 Å². The van der Waals surface area contributed by atoms with Gasteiger partial charge >= 0.3 is 0 Å². The second-order valence-electron chi connectivity index (χ2n) is 3.72. The van der Waals surface area contributed by atoms with E-state index in [9.17, 15) is 0 Å². The van der Waals surface area contributed by atoms with Gasteiger partial charge < -0.3 is 4.74 Å². The minimum absolute atomic E-state index is 0.947. The van der Waals surface area contributed by atoms with Gasteiger partial charge in [0.1, 0.15) is 5.76 Å². The van der Waals surface area contributed by atoms with Gasteiger partial charge in [-0.3, -0.25) is 0 Å². The molecule has 1 radical (unpaired) electrons. The average molecular weight is 199 g/mol. The van der Waals surface area contributed by atoms with Crippen LogP contribution in [-0.2, 0) is 4.74 Å². The molecule has 77 valence electrons. The zero-order valence-electron chi connectivity index (χ0n) is 9.16. The molecule has 0 aromatic heterocycles. The normalized spacial score (nSPS) is 15.6. The van der Waals surface area contributed by atoms with E-state index >= 15 is 0 Å². The van der Waals surface area contributed by atoms with E-state index < -0.39 is 0 Å². The lowest BCUT2D eigenvalue weighted by molar-refractivity contribution is 0.305. The summed E-state index contributed by atoms with van der Waals surface area (Å²) in [4.78, 5) is 0. The molecule has 0 bridgehead atoms. The third kappa shape index (κ3) is 2.30. The molecule has 0 unspecified atom stereocenters. The third-order valence-corrected chi connectivity index (χ3v) is 2.58. The molecule has 0 saturated heterocycles. The number of aryl methyl sites for hydroxylation is 1. The quantitative estimate of drug-likeness (QED) is 0.708. The van der Waals surface area contributed by atoms with Crippen LogP contribution in [0.5, 0.6) is 0 Å². The van der Waals surface area contributed by atoms with Gasteiger partial charge in [-0.1, -0.05) is 29.8 Å². The van der Waals surface area contributed by atoms with Gasteiger partial charge in [0.15, 0.2) is 0 Å². The van der Waals surface area contributed by atoms with Crippen molar-refractivity contribution in [2.45, 2.75) is 13.3 Å². The van der Waals surface area contributed by atoms with Crippen LogP contribution in [0.2, 0.25) is 0 Å². The van der Waals surface area contributed by atoms with Crippen LogP contribution in [0.4, 0.5) is 0 Å². The number of ether oxygens (including phenoxy) is 1. The van der Waals surface area contributed by atoms with E-state index in [1.54, 1.807) is 7.11 Å². The molecule has 0 saturated carbocycles. The second kappa shape index (κ2) is 4.35. The lowest BCUT2D eigenvalue weighted by atomic mass is 9.96. The Labute approximate surface area is 91.1 Å². The molecule has 0 amide bonds. The van der Waals surface area contributed by atoms with E-state index in [4.69, 9.17) is 4.74 Å². The van der Waals surface area contributed by atoms with Crippen molar-refractivity contribution in [2.24, 2.45) is 0 Å². The van der Waals surface area contributed by atoms with Crippen molar-refractivity contribution >= 4 is 5.57 Å². The highest BCUT2D eigenvalue weighted by atomic mass is 16.5. The Morgan fingerprint density at radius 3 is 2.53 bits per heavy atom. The number of rotatable bonds is 2. The fraction of sp³-hybridized carbons (Fsp3) is 0.214. The van der Waals surface area contributed by atoms with Gasteiger partial charge in [0.25, 0.3) is 0 Å². The van der Waals surface area contributed by atoms with Crippen molar-refractivity contribution in [1.29, 1.82) is 0 Å². The first-order valence-corrected chi connectivity index (χ1v) is 5.15. The molecule has 0 heterocycles. The van der Waals surface area contributed by atoms with Crippen molar-refractivity contribution < 1.29 is 4.74 Å². The summed E-state index contributed by atoms with van der Waals surface area (Å²) in [7, 11) is 1.71. The Bertz CT molecular complexity index is 396. The summed E-state index contributed by atoms with van der Waals surface area (Å²) in [5, 5.41) is 0. The Morgan fingerprint density at radius 2 is 1.87 bits per heavy atom. The van der Waals surface area contributed by atoms with Gasteiger partial charge in [-0.2, -0.15) is 0 Å². The predicted molar refractivity (Wildman–Crippen MR) is 63.2 cm³/mol. The molecule has 0 atom stereocenters. The van der Waals surface area contributed by atoms with Crippen LogP contribution in [0.1, 0.15) is 17.5 Å². The van der Waals surface area contributed by atoms with Gasteiger partial charge in [0.2, 0.25) is 0 Å². The van der Waals surface area contributed by atoms with E-state index in [1.165, 1.54) is 16.7 Å². The molecule has 1 aliphatic carbocycles. The van der Waals surface area contributed by atoms with Crippen molar-refractivity contribution in [2.75, 3.05) is 7.11 Å². The van der Waals surface area contributed by atoms with Crippen LogP contribution in [0.15, 0.2) is 42.2 Å². The minimum Gasteiger partial charge on any atom is -0.497 e. The highest BCUT2D eigenvalue weighted by Gasteiger charge is 2.07. The highest BCUT2D eigenvalue weighted by molar-refractivity contribution is 5.75. The summed E-state index contributed by atoms with van der Waals surface area (Å²) in [6, 6.07) is 8.57. The molecule has 2 rings (SSSR count). The summed E-state index contributed by atoms with van der Waals surface area (Å²) in [5.74, 6) is 0.952. The maximum absolute atomic E-state index is 5.23. The molecule has 0 spiro atoms. The summed E-state index contributed by atoms with van der Waals surface area (Å²) in [6.45, 7) is 2.10.